The summed E-state index contributed by atoms with van der Waals surface area (Å²) in [5.41, 5.74) is 0.166. The molecule has 1 aliphatic rings. The number of hydrogen-bond acceptors (Lipinski definition) is 4. The van der Waals surface area contributed by atoms with Crippen LogP contribution in [0.25, 0.3) is 0 Å². The topological polar surface area (TPSA) is 66.8 Å². The maximum absolute atomic E-state index is 12.8. The second-order valence-electron chi connectivity index (χ2n) is 6.52. The number of anilines is 1. The molecule has 0 aromatic heterocycles. The summed E-state index contributed by atoms with van der Waals surface area (Å²) in [4.78, 5) is 25.9. The summed E-state index contributed by atoms with van der Waals surface area (Å²) in [5.74, 6) is -0.0976. The Kier molecular flexibility index (Phi) is 5.03. The smallest absolute Gasteiger partial charge is 0.264 e. The number of halogens is 1. The Morgan fingerprint density at radius 2 is 1.92 bits per heavy atom. The molecule has 1 N–H and O–H groups in total. The van der Waals surface area contributed by atoms with E-state index in [-0.39, 0.29) is 25.4 Å². The fraction of sp³-hybridized carbons (Fsp3) is 0.300. The van der Waals surface area contributed by atoms with Crippen molar-refractivity contribution in [3.8, 4) is 5.75 Å². The van der Waals surface area contributed by atoms with Crippen molar-refractivity contribution in [2.24, 2.45) is 0 Å². The minimum Gasteiger partial charge on any atom is -0.492 e. The summed E-state index contributed by atoms with van der Waals surface area (Å²) >= 11 is 6.03. The van der Waals surface area contributed by atoms with Gasteiger partial charge in [-0.05, 0) is 44.2 Å². The lowest BCUT2D eigenvalue weighted by atomic mass is 9.90. The van der Waals surface area contributed by atoms with Gasteiger partial charge in [0.15, 0.2) is 5.60 Å². The van der Waals surface area contributed by atoms with Crippen LogP contribution in [-0.2, 0) is 15.2 Å². The van der Waals surface area contributed by atoms with E-state index in [9.17, 15) is 14.7 Å². The van der Waals surface area contributed by atoms with Gasteiger partial charge in [-0.1, -0.05) is 29.3 Å². The van der Waals surface area contributed by atoms with E-state index in [0.717, 1.165) is 5.56 Å². The highest BCUT2D eigenvalue weighted by Gasteiger charge is 2.50. The molecule has 0 radical (unpaired) electrons. The summed E-state index contributed by atoms with van der Waals surface area (Å²) in [6.45, 7) is 3.85. The Morgan fingerprint density at radius 1 is 1.23 bits per heavy atom. The number of aliphatic hydroxyl groups is 1. The van der Waals surface area contributed by atoms with Crippen molar-refractivity contribution in [1.29, 1.82) is 0 Å². The summed E-state index contributed by atoms with van der Waals surface area (Å²) < 4.78 is 5.69. The van der Waals surface area contributed by atoms with Crippen LogP contribution >= 0.6 is 11.6 Å². The van der Waals surface area contributed by atoms with Gasteiger partial charge < -0.3 is 14.7 Å². The van der Waals surface area contributed by atoms with E-state index in [2.05, 4.69) is 0 Å². The highest BCUT2D eigenvalue weighted by atomic mass is 35.5. The maximum Gasteiger partial charge on any atom is 0.264 e. The fourth-order valence-corrected chi connectivity index (χ4v) is 3.34. The monoisotopic (exact) mass is 373 g/mol. The molecule has 0 spiro atoms. The van der Waals surface area contributed by atoms with Crippen LogP contribution in [0.5, 0.6) is 5.75 Å². The van der Waals surface area contributed by atoms with E-state index in [1.54, 1.807) is 18.2 Å². The third-order valence-electron chi connectivity index (χ3n) is 4.40. The normalized spacial score (nSPS) is 18.8. The van der Waals surface area contributed by atoms with Crippen molar-refractivity contribution in [1.82, 2.24) is 0 Å². The number of rotatable bonds is 6. The van der Waals surface area contributed by atoms with Gasteiger partial charge in [-0.3, -0.25) is 9.59 Å². The van der Waals surface area contributed by atoms with Gasteiger partial charge in [0.1, 0.15) is 18.1 Å². The Hall–Kier alpha value is -2.37. The average molecular weight is 374 g/mol. The summed E-state index contributed by atoms with van der Waals surface area (Å²) in [6.07, 6.45) is -0.283. The molecule has 0 saturated heterocycles. The first-order chi connectivity index (χ1) is 12.3. The Labute approximate surface area is 157 Å². The molecule has 26 heavy (non-hydrogen) atoms. The number of benzene rings is 2. The van der Waals surface area contributed by atoms with E-state index in [1.807, 2.05) is 31.2 Å². The molecule has 2 aromatic carbocycles. The zero-order valence-electron chi connectivity index (χ0n) is 14.7. The van der Waals surface area contributed by atoms with Crippen molar-refractivity contribution < 1.29 is 19.4 Å². The van der Waals surface area contributed by atoms with Crippen LogP contribution < -0.4 is 9.64 Å². The first-order valence-electron chi connectivity index (χ1n) is 8.34. The fourth-order valence-electron chi connectivity index (χ4n) is 3.17. The number of ether oxygens (including phenoxy) is 1. The number of amides is 1. The molecule has 0 unspecified atom stereocenters. The molecule has 0 bridgehead atoms. The lowest BCUT2D eigenvalue weighted by Crippen LogP contribution is -2.43. The summed E-state index contributed by atoms with van der Waals surface area (Å²) in [5, 5.41) is 11.3. The van der Waals surface area contributed by atoms with Crippen molar-refractivity contribution in [3.63, 3.8) is 0 Å². The van der Waals surface area contributed by atoms with E-state index in [0.29, 0.717) is 22.0 Å². The lowest BCUT2D eigenvalue weighted by Gasteiger charge is -2.22. The molecule has 1 atom stereocenters. The molecular formula is C20H20ClNO4. The number of fused-ring (bicyclic) bond motifs is 1. The third-order valence-corrected chi connectivity index (χ3v) is 4.64. The van der Waals surface area contributed by atoms with Crippen molar-refractivity contribution in [3.05, 3.63) is 58.6 Å². The number of carbonyl (C=O) groups is 2. The molecule has 0 fully saturated rings. The molecule has 5 nitrogen and oxygen atoms in total. The van der Waals surface area contributed by atoms with Gasteiger partial charge in [-0.25, -0.2) is 0 Å². The van der Waals surface area contributed by atoms with E-state index in [4.69, 9.17) is 16.3 Å². The number of hydrogen-bond donors (Lipinski definition) is 1. The Bertz CT molecular complexity index is 849. The predicted octanol–water partition coefficient (Wildman–Crippen LogP) is 3.24. The van der Waals surface area contributed by atoms with Crippen molar-refractivity contribution in [2.75, 3.05) is 18.1 Å². The molecule has 1 heterocycles. The molecule has 2 aromatic rings. The van der Waals surface area contributed by atoms with Gasteiger partial charge in [-0.2, -0.15) is 0 Å². The lowest BCUT2D eigenvalue weighted by molar-refractivity contribution is -0.141. The van der Waals surface area contributed by atoms with Gasteiger partial charge in [0, 0.05) is 17.0 Å². The minimum absolute atomic E-state index is 0.252. The van der Waals surface area contributed by atoms with Gasteiger partial charge in [0.25, 0.3) is 5.91 Å². The number of ketones is 1. The van der Waals surface area contributed by atoms with Gasteiger partial charge in [0.2, 0.25) is 0 Å². The molecule has 6 heteroatoms. The Balaban J connectivity index is 1.80. The van der Waals surface area contributed by atoms with Crippen LogP contribution in [0.2, 0.25) is 5.02 Å². The van der Waals surface area contributed by atoms with E-state index in [1.165, 1.54) is 11.8 Å². The molecule has 136 valence electrons. The summed E-state index contributed by atoms with van der Waals surface area (Å²) in [6, 6.07) is 12.5. The molecule has 0 saturated carbocycles. The zero-order chi connectivity index (χ0) is 18.9. The van der Waals surface area contributed by atoms with Crippen LogP contribution in [-0.4, -0.2) is 29.9 Å². The highest BCUT2D eigenvalue weighted by Crippen LogP contribution is 2.43. The molecule has 1 amide bonds. The van der Waals surface area contributed by atoms with E-state index < -0.39 is 11.5 Å². The number of carbonyl (C=O) groups excluding carboxylic acids is 2. The maximum atomic E-state index is 12.8. The van der Waals surface area contributed by atoms with Crippen LogP contribution in [0.3, 0.4) is 0 Å². The standard InChI is InChI=1S/C20H20ClNO4/c1-13-3-6-16(7-4-13)26-10-9-22-18-8-5-15(21)11-17(18)20(25,19(22)24)12-14(2)23/h3-8,11,25H,9-10,12H2,1-2H3/t20-/m1/s1. The SMILES string of the molecule is CC(=O)C[C@]1(O)C(=O)N(CCOc2ccc(C)cc2)c2ccc(Cl)cc21. The quantitative estimate of drug-likeness (QED) is 0.844. The summed E-state index contributed by atoms with van der Waals surface area (Å²) in [7, 11) is 0. The number of Topliss-reactive ketones (excluding diaryl/α,β-unsaturated/α-hetero) is 1. The van der Waals surface area contributed by atoms with Crippen LogP contribution in [0.1, 0.15) is 24.5 Å². The first-order valence-corrected chi connectivity index (χ1v) is 8.72. The average Bonchev–Trinajstić information content (AvgIpc) is 2.77. The second-order valence-corrected chi connectivity index (χ2v) is 6.96. The third kappa shape index (κ3) is 3.45. The van der Waals surface area contributed by atoms with Gasteiger partial charge >= 0.3 is 0 Å². The highest BCUT2D eigenvalue weighted by molar-refractivity contribution is 6.31. The predicted molar refractivity (Wildman–Crippen MR) is 99.7 cm³/mol. The van der Waals surface area contributed by atoms with Crippen LogP contribution in [0.15, 0.2) is 42.5 Å². The number of aryl methyl sites for hydroxylation is 1. The first kappa shape index (κ1) is 18.4. The Morgan fingerprint density at radius 3 is 2.58 bits per heavy atom. The molecule has 1 aliphatic heterocycles. The molecule has 3 rings (SSSR count). The van der Waals surface area contributed by atoms with Gasteiger partial charge in [0.05, 0.1) is 12.2 Å². The van der Waals surface area contributed by atoms with Gasteiger partial charge in [-0.15, -0.1) is 0 Å². The van der Waals surface area contributed by atoms with Crippen molar-refractivity contribution >= 4 is 29.0 Å². The number of nitrogens with zero attached hydrogens (tertiary/aromatic N) is 1. The van der Waals surface area contributed by atoms with Crippen LogP contribution in [0, 0.1) is 6.92 Å². The molecule has 0 aliphatic carbocycles. The minimum atomic E-state index is -1.88. The zero-order valence-corrected chi connectivity index (χ0v) is 15.4. The second kappa shape index (κ2) is 7.09. The molecular weight excluding hydrogens is 354 g/mol. The van der Waals surface area contributed by atoms with Crippen LogP contribution in [0.4, 0.5) is 5.69 Å². The largest absolute Gasteiger partial charge is 0.492 e. The van der Waals surface area contributed by atoms with E-state index >= 15 is 0 Å². The van der Waals surface area contributed by atoms with Crippen molar-refractivity contribution in [2.45, 2.75) is 25.9 Å².